The van der Waals surface area contributed by atoms with Gasteiger partial charge in [-0.3, -0.25) is 9.89 Å². The Balaban J connectivity index is 2.20. The van der Waals surface area contributed by atoms with Gasteiger partial charge in [0, 0.05) is 11.3 Å². The number of nitrogens with zero attached hydrogens (tertiary/aromatic N) is 1. The van der Waals surface area contributed by atoms with Gasteiger partial charge in [0.15, 0.2) is 5.82 Å². The molecule has 0 fully saturated rings. The number of aromatic nitrogens is 2. The lowest BCUT2D eigenvalue weighted by Gasteiger charge is -2.01. The average molecular weight is 235 g/mol. The van der Waals surface area contributed by atoms with Crippen LogP contribution in [0.4, 0.5) is 5.82 Å². The van der Waals surface area contributed by atoms with Crippen LogP contribution in [0.1, 0.15) is 26.5 Å². The fourth-order valence-electron chi connectivity index (χ4n) is 1.38. The molecule has 2 aromatic rings. The van der Waals surface area contributed by atoms with Crippen molar-refractivity contribution in [3.63, 3.8) is 0 Å². The maximum absolute atomic E-state index is 11.9. The lowest BCUT2D eigenvalue weighted by molar-refractivity contribution is 0.102. The lowest BCUT2D eigenvalue weighted by atomic mass is 10.2. The summed E-state index contributed by atoms with van der Waals surface area (Å²) in [5.41, 5.74) is 2.94. The lowest BCUT2D eigenvalue weighted by Crippen LogP contribution is -2.12. The molecule has 0 saturated heterocycles. The zero-order chi connectivity index (χ0) is 11.7. The molecule has 0 unspecified atom stereocenters. The molecule has 0 aromatic carbocycles. The second kappa shape index (κ2) is 4.09. The Hall–Kier alpha value is -1.62. The Kier molecular flexibility index (Phi) is 2.78. The van der Waals surface area contributed by atoms with Crippen molar-refractivity contribution in [3.8, 4) is 0 Å². The molecule has 1 amide bonds. The number of rotatable bonds is 2. The first-order chi connectivity index (χ1) is 7.59. The van der Waals surface area contributed by atoms with E-state index in [1.54, 1.807) is 0 Å². The molecule has 0 bridgehead atoms. The monoisotopic (exact) mass is 235 g/mol. The molecule has 0 saturated carbocycles. The number of anilines is 1. The van der Waals surface area contributed by atoms with Gasteiger partial charge in [-0.2, -0.15) is 5.10 Å². The van der Waals surface area contributed by atoms with E-state index in [-0.39, 0.29) is 5.91 Å². The van der Waals surface area contributed by atoms with E-state index in [9.17, 15) is 4.79 Å². The van der Waals surface area contributed by atoms with Crippen molar-refractivity contribution in [2.24, 2.45) is 0 Å². The van der Waals surface area contributed by atoms with Gasteiger partial charge in [-0.05, 0) is 37.8 Å². The van der Waals surface area contributed by atoms with E-state index in [2.05, 4.69) is 15.5 Å². The minimum absolute atomic E-state index is 0.0953. The first kappa shape index (κ1) is 10.9. The molecule has 0 aliphatic rings. The smallest absolute Gasteiger partial charge is 0.267 e. The first-order valence-corrected chi connectivity index (χ1v) is 5.84. The van der Waals surface area contributed by atoms with E-state index in [1.165, 1.54) is 11.3 Å². The molecule has 2 heterocycles. The summed E-state index contributed by atoms with van der Waals surface area (Å²) < 4.78 is 0. The summed E-state index contributed by atoms with van der Waals surface area (Å²) in [6.45, 7) is 5.78. The minimum Gasteiger partial charge on any atom is -0.304 e. The molecule has 0 radical (unpaired) electrons. The maximum atomic E-state index is 11.9. The summed E-state index contributed by atoms with van der Waals surface area (Å²) >= 11 is 1.44. The van der Waals surface area contributed by atoms with Crippen molar-refractivity contribution in [2.45, 2.75) is 20.8 Å². The number of carbonyl (C=O) groups excluding carboxylic acids is 1. The summed E-state index contributed by atoms with van der Waals surface area (Å²) in [6.07, 6.45) is 0. The molecule has 0 aliphatic heterocycles. The van der Waals surface area contributed by atoms with Gasteiger partial charge in [0.2, 0.25) is 0 Å². The van der Waals surface area contributed by atoms with Crippen molar-refractivity contribution in [1.29, 1.82) is 0 Å². The van der Waals surface area contributed by atoms with Crippen LogP contribution in [0.25, 0.3) is 0 Å². The van der Waals surface area contributed by atoms with Crippen LogP contribution in [-0.4, -0.2) is 16.1 Å². The van der Waals surface area contributed by atoms with Gasteiger partial charge in [-0.25, -0.2) is 0 Å². The number of aromatic amines is 1. The zero-order valence-corrected chi connectivity index (χ0v) is 10.2. The quantitative estimate of drug-likeness (QED) is 0.840. The molecule has 2 rings (SSSR count). The predicted octanol–water partition coefficient (Wildman–Crippen LogP) is 2.65. The Morgan fingerprint density at radius 1 is 1.44 bits per heavy atom. The number of H-pyrrole nitrogens is 1. The van der Waals surface area contributed by atoms with Crippen molar-refractivity contribution in [3.05, 3.63) is 33.1 Å². The fraction of sp³-hybridized carbons (Fsp3) is 0.273. The third-order valence-corrected chi connectivity index (χ3v) is 3.57. The Labute approximate surface area is 97.7 Å². The topological polar surface area (TPSA) is 57.8 Å². The predicted molar refractivity (Wildman–Crippen MR) is 65.1 cm³/mol. The molecule has 16 heavy (non-hydrogen) atoms. The molecule has 0 spiro atoms. The van der Waals surface area contributed by atoms with E-state index in [0.717, 1.165) is 21.7 Å². The molecule has 2 aromatic heterocycles. The van der Waals surface area contributed by atoms with Gasteiger partial charge in [-0.1, -0.05) is 0 Å². The van der Waals surface area contributed by atoms with Crippen molar-refractivity contribution < 1.29 is 4.79 Å². The van der Waals surface area contributed by atoms with Gasteiger partial charge in [0.1, 0.15) is 0 Å². The fourth-order valence-corrected chi connectivity index (χ4v) is 2.20. The number of carbonyl (C=O) groups is 1. The molecule has 0 atom stereocenters. The molecule has 4 nitrogen and oxygen atoms in total. The molecular weight excluding hydrogens is 222 g/mol. The second-order valence-electron chi connectivity index (χ2n) is 3.71. The van der Waals surface area contributed by atoms with Crippen molar-refractivity contribution >= 4 is 23.1 Å². The Morgan fingerprint density at radius 2 is 2.19 bits per heavy atom. The molecule has 84 valence electrons. The van der Waals surface area contributed by atoms with Crippen LogP contribution >= 0.6 is 11.3 Å². The molecule has 5 heteroatoms. The zero-order valence-electron chi connectivity index (χ0n) is 9.42. The van der Waals surface area contributed by atoms with Gasteiger partial charge in [0.25, 0.3) is 5.91 Å². The van der Waals surface area contributed by atoms with Crippen LogP contribution in [0.3, 0.4) is 0 Å². The SMILES string of the molecule is Cc1ccsc1C(=O)Nc1n[nH]c(C)c1C. The number of amides is 1. The van der Waals surface area contributed by atoms with Gasteiger partial charge >= 0.3 is 0 Å². The average Bonchev–Trinajstić information content (AvgIpc) is 2.79. The maximum Gasteiger partial charge on any atom is 0.267 e. The summed E-state index contributed by atoms with van der Waals surface area (Å²) in [5, 5.41) is 11.6. The van der Waals surface area contributed by atoms with E-state index in [0.29, 0.717) is 5.82 Å². The van der Waals surface area contributed by atoms with Gasteiger partial charge < -0.3 is 5.32 Å². The van der Waals surface area contributed by atoms with Crippen LogP contribution < -0.4 is 5.32 Å². The summed E-state index contributed by atoms with van der Waals surface area (Å²) in [6, 6.07) is 1.93. The van der Waals surface area contributed by atoms with Crippen LogP contribution in [0, 0.1) is 20.8 Å². The number of aryl methyl sites for hydroxylation is 2. The normalized spacial score (nSPS) is 10.4. The van der Waals surface area contributed by atoms with Crippen LogP contribution in [0.5, 0.6) is 0 Å². The minimum atomic E-state index is -0.0953. The summed E-state index contributed by atoms with van der Waals surface area (Å²) in [7, 11) is 0. The molecule has 2 N–H and O–H groups in total. The first-order valence-electron chi connectivity index (χ1n) is 4.96. The van der Waals surface area contributed by atoms with Gasteiger partial charge in [-0.15, -0.1) is 11.3 Å². The van der Waals surface area contributed by atoms with E-state index >= 15 is 0 Å². The van der Waals surface area contributed by atoms with Crippen LogP contribution in [-0.2, 0) is 0 Å². The highest BCUT2D eigenvalue weighted by atomic mass is 32.1. The van der Waals surface area contributed by atoms with Crippen LogP contribution in [0.15, 0.2) is 11.4 Å². The molecule has 0 aliphatic carbocycles. The third kappa shape index (κ3) is 1.86. The number of hydrogen-bond donors (Lipinski definition) is 2. The third-order valence-electron chi connectivity index (χ3n) is 2.55. The Bertz CT molecular complexity index is 527. The van der Waals surface area contributed by atoms with Gasteiger partial charge in [0.05, 0.1) is 4.88 Å². The second-order valence-corrected chi connectivity index (χ2v) is 4.63. The Morgan fingerprint density at radius 3 is 2.69 bits per heavy atom. The van der Waals surface area contributed by atoms with E-state index < -0.39 is 0 Å². The van der Waals surface area contributed by atoms with Crippen molar-refractivity contribution in [2.75, 3.05) is 5.32 Å². The highest BCUT2D eigenvalue weighted by molar-refractivity contribution is 7.12. The number of hydrogen-bond acceptors (Lipinski definition) is 3. The van der Waals surface area contributed by atoms with E-state index in [1.807, 2.05) is 32.2 Å². The standard InChI is InChI=1S/C11H13N3OS/c1-6-4-5-16-9(6)11(15)12-10-7(2)8(3)13-14-10/h4-5H,1-3H3,(H2,12,13,14,15). The number of nitrogens with one attached hydrogen (secondary N) is 2. The molecular formula is C11H13N3OS. The highest BCUT2D eigenvalue weighted by Gasteiger charge is 2.13. The summed E-state index contributed by atoms with van der Waals surface area (Å²) in [5.74, 6) is 0.511. The summed E-state index contributed by atoms with van der Waals surface area (Å²) in [4.78, 5) is 12.6. The largest absolute Gasteiger partial charge is 0.304 e. The van der Waals surface area contributed by atoms with Crippen LogP contribution in [0.2, 0.25) is 0 Å². The van der Waals surface area contributed by atoms with E-state index in [4.69, 9.17) is 0 Å². The highest BCUT2D eigenvalue weighted by Crippen LogP contribution is 2.19. The van der Waals surface area contributed by atoms with Crippen molar-refractivity contribution in [1.82, 2.24) is 10.2 Å². The number of thiophene rings is 1.